The first-order valence-electron chi connectivity index (χ1n) is 8.21. The molecule has 128 valence electrons. The second-order valence-electron chi connectivity index (χ2n) is 6.15. The Balaban J connectivity index is 1.34. The van der Waals surface area contributed by atoms with Gasteiger partial charge in [0, 0.05) is 49.5 Å². The molecule has 1 aliphatic heterocycles. The highest BCUT2D eigenvalue weighted by Gasteiger charge is 2.21. The number of aromatic nitrogens is 3. The molecular weight excluding hydrogens is 334 g/mol. The second-order valence-corrected chi connectivity index (χ2v) is 7.15. The van der Waals surface area contributed by atoms with Crippen LogP contribution in [0.3, 0.4) is 0 Å². The van der Waals surface area contributed by atoms with Crippen LogP contribution in [0.25, 0.3) is 11.3 Å². The van der Waals surface area contributed by atoms with Gasteiger partial charge in [-0.25, -0.2) is 4.79 Å². The molecule has 0 spiro atoms. The lowest BCUT2D eigenvalue weighted by Gasteiger charge is -2.27. The Morgan fingerprint density at radius 2 is 2.24 bits per heavy atom. The van der Waals surface area contributed by atoms with Crippen molar-refractivity contribution in [2.45, 2.75) is 19.5 Å². The van der Waals surface area contributed by atoms with Crippen LogP contribution >= 0.6 is 11.3 Å². The Morgan fingerprint density at radius 1 is 1.32 bits per heavy atom. The van der Waals surface area contributed by atoms with Gasteiger partial charge in [0.15, 0.2) is 0 Å². The number of pyridine rings is 1. The quantitative estimate of drug-likeness (QED) is 0.787. The average molecular weight is 353 g/mol. The number of nitrogens with zero attached hydrogens (tertiary/aromatic N) is 4. The molecule has 0 atom stereocenters. The summed E-state index contributed by atoms with van der Waals surface area (Å²) in [6, 6.07) is 6.04. The summed E-state index contributed by atoms with van der Waals surface area (Å²) < 4.78 is 1.75. The van der Waals surface area contributed by atoms with Gasteiger partial charge in [0.05, 0.1) is 11.9 Å². The summed E-state index contributed by atoms with van der Waals surface area (Å²) in [6.07, 6.45) is 6.47. The third-order valence-electron chi connectivity index (χ3n) is 4.36. The summed E-state index contributed by atoms with van der Waals surface area (Å²) in [4.78, 5) is 20.1. The van der Waals surface area contributed by atoms with Crippen molar-refractivity contribution in [3.05, 3.63) is 58.2 Å². The molecule has 4 heterocycles. The summed E-state index contributed by atoms with van der Waals surface area (Å²) in [7, 11) is 1.88. The van der Waals surface area contributed by atoms with Crippen LogP contribution in [0.4, 0.5) is 4.79 Å². The molecule has 1 N–H and O–H groups in total. The van der Waals surface area contributed by atoms with Gasteiger partial charge in [-0.3, -0.25) is 9.67 Å². The lowest BCUT2D eigenvalue weighted by atomic mass is 10.1. The van der Waals surface area contributed by atoms with Crippen LogP contribution in [-0.2, 0) is 26.6 Å². The van der Waals surface area contributed by atoms with E-state index < -0.39 is 0 Å². The first-order valence-corrected chi connectivity index (χ1v) is 9.09. The van der Waals surface area contributed by atoms with Crippen molar-refractivity contribution < 1.29 is 4.79 Å². The molecule has 0 radical (unpaired) electrons. The van der Waals surface area contributed by atoms with E-state index in [2.05, 4.69) is 26.8 Å². The Kier molecular flexibility index (Phi) is 4.23. The number of urea groups is 1. The fourth-order valence-electron chi connectivity index (χ4n) is 2.96. The van der Waals surface area contributed by atoms with Crippen LogP contribution in [0.5, 0.6) is 0 Å². The van der Waals surface area contributed by atoms with Crippen molar-refractivity contribution >= 4 is 17.4 Å². The van der Waals surface area contributed by atoms with Crippen molar-refractivity contribution in [1.82, 2.24) is 25.0 Å². The van der Waals surface area contributed by atoms with E-state index in [9.17, 15) is 4.79 Å². The van der Waals surface area contributed by atoms with Crippen molar-refractivity contribution in [3.8, 4) is 11.3 Å². The number of aryl methyl sites for hydroxylation is 1. The molecule has 2 amide bonds. The average Bonchev–Trinajstić information content (AvgIpc) is 3.28. The number of fused-ring (bicyclic) bond motifs is 1. The standard InChI is InChI=1S/C18H19N5OS/c1-22-11-15(10-21-22)16-3-2-13(8-19-16)9-20-18(24)23-6-4-17-14(12-23)5-7-25-17/h2-3,5,7-8,10-11H,4,6,9,12H2,1H3,(H,20,24). The Morgan fingerprint density at radius 3 is 3.00 bits per heavy atom. The minimum absolute atomic E-state index is 0.0202. The summed E-state index contributed by atoms with van der Waals surface area (Å²) >= 11 is 1.78. The molecule has 6 nitrogen and oxygen atoms in total. The number of hydrogen-bond acceptors (Lipinski definition) is 4. The summed E-state index contributed by atoms with van der Waals surface area (Å²) in [5.74, 6) is 0. The van der Waals surface area contributed by atoms with E-state index in [1.807, 2.05) is 30.3 Å². The van der Waals surface area contributed by atoms with Crippen molar-refractivity contribution in [3.63, 3.8) is 0 Å². The van der Waals surface area contributed by atoms with E-state index in [4.69, 9.17) is 0 Å². The SMILES string of the molecule is Cn1cc(-c2ccc(CNC(=O)N3CCc4sccc4C3)cn2)cn1. The van der Waals surface area contributed by atoms with Crippen molar-refractivity contribution in [1.29, 1.82) is 0 Å². The Hall–Kier alpha value is -2.67. The van der Waals surface area contributed by atoms with E-state index in [1.165, 1.54) is 10.4 Å². The van der Waals surface area contributed by atoms with Crippen LogP contribution in [0, 0.1) is 0 Å². The summed E-state index contributed by atoms with van der Waals surface area (Å²) in [5.41, 5.74) is 4.12. The highest BCUT2D eigenvalue weighted by atomic mass is 32.1. The number of thiophene rings is 1. The molecule has 0 fully saturated rings. The first-order chi connectivity index (χ1) is 12.2. The zero-order valence-electron chi connectivity index (χ0n) is 14.0. The first kappa shape index (κ1) is 15.8. The number of hydrogen-bond donors (Lipinski definition) is 1. The van der Waals surface area contributed by atoms with E-state index in [0.717, 1.165) is 29.8 Å². The molecule has 3 aromatic heterocycles. The lowest BCUT2D eigenvalue weighted by molar-refractivity contribution is 0.192. The highest BCUT2D eigenvalue weighted by molar-refractivity contribution is 7.10. The summed E-state index contributed by atoms with van der Waals surface area (Å²) in [5, 5.41) is 9.24. The van der Waals surface area contributed by atoms with Crippen LogP contribution in [0.1, 0.15) is 16.0 Å². The zero-order chi connectivity index (χ0) is 17.2. The molecule has 25 heavy (non-hydrogen) atoms. The topological polar surface area (TPSA) is 63.1 Å². The fourth-order valence-corrected chi connectivity index (χ4v) is 3.85. The molecule has 0 bridgehead atoms. The van der Waals surface area contributed by atoms with Gasteiger partial charge in [-0.2, -0.15) is 5.10 Å². The monoisotopic (exact) mass is 353 g/mol. The zero-order valence-corrected chi connectivity index (χ0v) is 14.8. The molecule has 0 aliphatic carbocycles. The van der Waals surface area contributed by atoms with Gasteiger partial charge < -0.3 is 10.2 Å². The molecule has 0 aromatic carbocycles. The minimum atomic E-state index is -0.0202. The largest absolute Gasteiger partial charge is 0.334 e. The van der Waals surface area contributed by atoms with Crippen LogP contribution < -0.4 is 5.32 Å². The highest BCUT2D eigenvalue weighted by Crippen LogP contribution is 2.24. The van der Waals surface area contributed by atoms with E-state index in [-0.39, 0.29) is 6.03 Å². The molecule has 0 unspecified atom stereocenters. The number of rotatable bonds is 3. The van der Waals surface area contributed by atoms with E-state index >= 15 is 0 Å². The molecular formula is C18H19N5OS. The third kappa shape index (κ3) is 3.41. The molecule has 7 heteroatoms. The number of amides is 2. The maximum Gasteiger partial charge on any atom is 0.317 e. The molecule has 1 aliphatic rings. The van der Waals surface area contributed by atoms with Gasteiger partial charge in [0.25, 0.3) is 0 Å². The lowest BCUT2D eigenvalue weighted by Crippen LogP contribution is -2.42. The second kappa shape index (κ2) is 6.68. The Bertz CT molecular complexity index is 883. The summed E-state index contributed by atoms with van der Waals surface area (Å²) in [6.45, 7) is 1.95. The predicted octanol–water partition coefficient (Wildman–Crippen LogP) is 2.81. The third-order valence-corrected chi connectivity index (χ3v) is 5.39. The van der Waals surface area contributed by atoms with E-state index in [0.29, 0.717) is 13.1 Å². The van der Waals surface area contributed by atoms with Crippen molar-refractivity contribution in [2.75, 3.05) is 6.54 Å². The van der Waals surface area contributed by atoms with Gasteiger partial charge in [-0.1, -0.05) is 6.07 Å². The maximum absolute atomic E-state index is 12.4. The fraction of sp³-hybridized carbons (Fsp3) is 0.278. The normalized spacial score (nSPS) is 13.6. The van der Waals surface area contributed by atoms with E-state index in [1.54, 1.807) is 28.4 Å². The van der Waals surface area contributed by atoms with Crippen LogP contribution in [-0.4, -0.2) is 32.2 Å². The van der Waals surface area contributed by atoms with Crippen molar-refractivity contribution in [2.24, 2.45) is 7.05 Å². The molecule has 0 saturated carbocycles. The number of nitrogens with one attached hydrogen (secondary N) is 1. The maximum atomic E-state index is 12.4. The molecule has 3 aromatic rings. The predicted molar refractivity (Wildman–Crippen MR) is 97.1 cm³/mol. The van der Waals surface area contributed by atoms with Gasteiger partial charge in [-0.05, 0) is 35.1 Å². The number of carbonyl (C=O) groups is 1. The van der Waals surface area contributed by atoms with Crippen LogP contribution in [0.15, 0.2) is 42.2 Å². The Labute approximate surface area is 150 Å². The molecule has 4 rings (SSSR count). The number of carbonyl (C=O) groups excluding carboxylic acids is 1. The van der Waals surface area contributed by atoms with Gasteiger partial charge in [0.1, 0.15) is 0 Å². The minimum Gasteiger partial charge on any atom is -0.334 e. The smallest absolute Gasteiger partial charge is 0.317 e. The van der Waals surface area contributed by atoms with Gasteiger partial charge >= 0.3 is 6.03 Å². The van der Waals surface area contributed by atoms with Gasteiger partial charge in [-0.15, -0.1) is 11.3 Å². The van der Waals surface area contributed by atoms with Gasteiger partial charge in [0.2, 0.25) is 0 Å². The molecule has 0 saturated heterocycles. The van der Waals surface area contributed by atoms with Crippen LogP contribution in [0.2, 0.25) is 0 Å².